The van der Waals surface area contributed by atoms with Gasteiger partial charge in [0.25, 0.3) is 5.91 Å². The van der Waals surface area contributed by atoms with Crippen LogP contribution in [-0.2, 0) is 4.79 Å². The lowest BCUT2D eigenvalue weighted by Gasteiger charge is -2.16. The number of rotatable bonds is 7. The molecule has 0 saturated heterocycles. The first-order valence-corrected chi connectivity index (χ1v) is 9.49. The highest BCUT2D eigenvalue weighted by molar-refractivity contribution is 7.18. The number of anilines is 1. The molecule has 3 rings (SSSR count). The van der Waals surface area contributed by atoms with Crippen LogP contribution in [0.5, 0.6) is 11.5 Å². The Labute approximate surface area is 166 Å². The molecule has 1 amide bonds. The number of aromatic nitrogens is 2. The van der Waals surface area contributed by atoms with Crippen molar-refractivity contribution in [3.63, 3.8) is 0 Å². The lowest BCUT2D eigenvalue weighted by atomic mass is 10.2. The number of nitrogens with one attached hydrogen (secondary N) is 1. The number of amides is 1. The SMILES string of the molecule is CC[C@H](Oc1cccc(Cl)c1)C(=O)Nc1nnc(-c2ccc(OC)cc2)s1. The summed E-state index contributed by atoms with van der Waals surface area (Å²) in [6.45, 7) is 1.87. The van der Waals surface area contributed by atoms with Gasteiger partial charge >= 0.3 is 0 Å². The van der Waals surface area contributed by atoms with Gasteiger partial charge in [0.2, 0.25) is 5.13 Å². The molecule has 27 heavy (non-hydrogen) atoms. The second-order valence-corrected chi connectivity index (χ2v) is 7.02. The first-order chi connectivity index (χ1) is 13.1. The van der Waals surface area contributed by atoms with Crippen LogP contribution in [0.2, 0.25) is 5.02 Å². The minimum Gasteiger partial charge on any atom is -0.497 e. The summed E-state index contributed by atoms with van der Waals surface area (Å²) in [6, 6.07) is 14.4. The third-order valence-corrected chi connectivity index (χ3v) is 4.85. The lowest BCUT2D eigenvalue weighted by molar-refractivity contribution is -0.122. The van der Waals surface area contributed by atoms with E-state index in [1.54, 1.807) is 31.4 Å². The fourth-order valence-corrected chi connectivity index (χ4v) is 3.27. The van der Waals surface area contributed by atoms with E-state index in [1.165, 1.54) is 11.3 Å². The molecule has 0 unspecified atom stereocenters. The molecule has 0 aliphatic heterocycles. The van der Waals surface area contributed by atoms with Gasteiger partial charge in [0.05, 0.1) is 7.11 Å². The highest BCUT2D eigenvalue weighted by atomic mass is 35.5. The minimum absolute atomic E-state index is 0.282. The van der Waals surface area contributed by atoms with Crippen LogP contribution >= 0.6 is 22.9 Å². The maximum atomic E-state index is 12.5. The first kappa shape index (κ1) is 19.1. The highest BCUT2D eigenvalue weighted by Gasteiger charge is 2.20. The molecule has 0 bridgehead atoms. The van der Waals surface area contributed by atoms with Crippen molar-refractivity contribution in [1.29, 1.82) is 0 Å². The molecule has 1 aromatic heterocycles. The molecule has 1 heterocycles. The van der Waals surface area contributed by atoms with E-state index in [0.717, 1.165) is 11.3 Å². The summed E-state index contributed by atoms with van der Waals surface area (Å²) in [6.07, 6.45) is -0.153. The number of hydrogen-bond donors (Lipinski definition) is 1. The Morgan fingerprint density at radius 1 is 1.19 bits per heavy atom. The van der Waals surface area contributed by atoms with Gasteiger partial charge in [-0.25, -0.2) is 0 Å². The molecule has 1 atom stereocenters. The van der Waals surface area contributed by atoms with Crippen molar-refractivity contribution in [3.05, 3.63) is 53.6 Å². The summed E-state index contributed by atoms with van der Waals surface area (Å²) in [5.41, 5.74) is 0.899. The van der Waals surface area contributed by atoms with Crippen molar-refractivity contribution in [1.82, 2.24) is 10.2 Å². The van der Waals surface area contributed by atoms with Crippen LogP contribution < -0.4 is 14.8 Å². The van der Waals surface area contributed by atoms with E-state index < -0.39 is 6.10 Å². The zero-order valence-corrected chi connectivity index (χ0v) is 16.4. The number of benzene rings is 2. The molecule has 3 aromatic rings. The predicted molar refractivity (Wildman–Crippen MR) is 107 cm³/mol. The second-order valence-electron chi connectivity index (χ2n) is 5.60. The summed E-state index contributed by atoms with van der Waals surface area (Å²) in [4.78, 5) is 12.5. The normalized spacial score (nSPS) is 11.7. The molecule has 140 valence electrons. The van der Waals surface area contributed by atoms with Gasteiger partial charge in [-0.05, 0) is 48.9 Å². The third kappa shape index (κ3) is 4.96. The van der Waals surface area contributed by atoms with Gasteiger partial charge in [0, 0.05) is 10.6 Å². The Morgan fingerprint density at radius 3 is 2.63 bits per heavy atom. The summed E-state index contributed by atoms with van der Waals surface area (Å²) in [5, 5.41) is 12.6. The third-order valence-electron chi connectivity index (χ3n) is 3.73. The molecule has 0 fully saturated rings. The van der Waals surface area contributed by atoms with Gasteiger partial charge in [0.1, 0.15) is 16.5 Å². The molecule has 0 radical (unpaired) electrons. The maximum absolute atomic E-state index is 12.5. The van der Waals surface area contributed by atoms with E-state index >= 15 is 0 Å². The number of carbonyl (C=O) groups excluding carboxylic acids is 1. The molecule has 0 aliphatic rings. The Hall–Kier alpha value is -2.64. The first-order valence-electron chi connectivity index (χ1n) is 8.30. The van der Waals surface area contributed by atoms with E-state index in [1.807, 2.05) is 31.2 Å². The van der Waals surface area contributed by atoms with E-state index in [9.17, 15) is 4.79 Å². The number of methoxy groups -OCH3 is 1. The molecule has 8 heteroatoms. The second kappa shape index (κ2) is 8.83. The van der Waals surface area contributed by atoms with Gasteiger partial charge in [0.15, 0.2) is 6.10 Å². The Kier molecular flexibility index (Phi) is 6.26. The Bertz CT molecular complexity index is 915. The van der Waals surface area contributed by atoms with Crippen LogP contribution in [0.3, 0.4) is 0 Å². The molecule has 6 nitrogen and oxygen atoms in total. The average molecular weight is 404 g/mol. The molecular formula is C19H18ClN3O3S. The van der Waals surface area contributed by atoms with Gasteiger partial charge in [-0.15, -0.1) is 10.2 Å². The van der Waals surface area contributed by atoms with Crippen LogP contribution in [-0.4, -0.2) is 29.3 Å². The van der Waals surface area contributed by atoms with Gasteiger partial charge in [-0.3, -0.25) is 10.1 Å². The van der Waals surface area contributed by atoms with Crippen LogP contribution in [0.25, 0.3) is 10.6 Å². The van der Waals surface area contributed by atoms with E-state index in [2.05, 4.69) is 15.5 Å². The van der Waals surface area contributed by atoms with Gasteiger partial charge in [-0.1, -0.05) is 35.9 Å². The standard InChI is InChI=1S/C19H18ClN3O3S/c1-3-16(26-15-6-4-5-13(20)11-15)17(24)21-19-23-22-18(27-19)12-7-9-14(25-2)10-8-12/h4-11,16H,3H2,1-2H3,(H,21,23,24)/t16-/m0/s1. The molecular weight excluding hydrogens is 386 g/mol. The number of halogens is 1. The quantitative estimate of drug-likeness (QED) is 0.620. The zero-order chi connectivity index (χ0) is 19.2. The van der Waals surface area contributed by atoms with Crippen molar-refractivity contribution in [2.45, 2.75) is 19.4 Å². The number of ether oxygens (including phenoxy) is 2. The van der Waals surface area contributed by atoms with E-state index in [-0.39, 0.29) is 5.91 Å². The summed E-state index contributed by atoms with van der Waals surface area (Å²) < 4.78 is 10.9. The van der Waals surface area contributed by atoms with Gasteiger partial charge in [-0.2, -0.15) is 0 Å². The Balaban J connectivity index is 1.66. The number of hydrogen-bond acceptors (Lipinski definition) is 6. The summed E-state index contributed by atoms with van der Waals surface area (Å²) in [7, 11) is 1.61. The number of nitrogens with zero attached hydrogens (tertiary/aromatic N) is 2. The fraction of sp³-hybridized carbons (Fsp3) is 0.211. The fourth-order valence-electron chi connectivity index (χ4n) is 2.34. The number of carbonyl (C=O) groups is 1. The predicted octanol–water partition coefficient (Wildman–Crippen LogP) is 4.66. The Morgan fingerprint density at radius 2 is 1.96 bits per heavy atom. The molecule has 0 spiro atoms. The molecule has 0 saturated carbocycles. The smallest absolute Gasteiger partial charge is 0.267 e. The largest absolute Gasteiger partial charge is 0.497 e. The van der Waals surface area contributed by atoms with Crippen LogP contribution in [0.4, 0.5) is 5.13 Å². The molecule has 1 N–H and O–H groups in total. The topological polar surface area (TPSA) is 73.3 Å². The molecule has 0 aliphatic carbocycles. The van der Waals surface area contributed by atoms with Crippen molar-refractivity contribution in [2.24, 2.45) is 0 Å². The molecule has 2 aromatic carbocycles. The van der Waals surface area contributed by atoms with Crippen molar-refractivity contribution < 1.29 is 14.3 Å². The van der Waals surface area contributed by atoms with Crippen molar-refractivity contribution in [2.75, 3.05) is 12.4 Å². The van der Waals surface area contributed by atoms with Crippen LogP contribution in [0.15, 0.2) is 48.5 Å². The maximum Gasteiger partial charge on any atom is 0.267 e. The monoisotopic (exact) mass is 403 g/mol. The summed E-state index contributed by atoms with van der Waals surface area (Å²) in [5.74, 6) is 1.02. The highest BCUT2D eigenvalue weighted by Crippen LogP contribution is 2.28. The lowest BCUT2D eigenvalue weighted by Crippen LogP contribution is -2.32. The summed E-state index contributed by atoms with van der Waals surface area (Å²) >= 11 is 7.25. The zero-order valence-electron chi connectivity index (χ0n) is 14.8. The van der Waals surface area contributed by atoms with E-state index in [0.29, 0.717) is 27.3 Å². The van der Waals surface area contributed by atoms with Crippen molar-refractivity contribution in [3.8, 4) is 22.1 Å². The van der Waals surface area contributed by atoms with Crippen LogP contribution in [0, 0.1) is 0 Å². The van der Waals surface area contributed by atoms with Crippen molar-refractivity contribution >= 4 is 34.0 Å². The van der Waals surface area contributed by atoms with Gasteiger partial charge < -0.3 is 9.47 Å². The minimum atomic E-state index is -0.656. The van der Waals surface area contributed by atoms with Crippen LogP contribution in [0.1, 0.15) is 13.3 Å². The average Bonchev–Trinajstić information content (AvgIpc) is 3.14. The van der Waals surface area contributed by atoms with E-state index in [4.69, 9.17) is 21.1 Å².